The lowest BCUT2D eigenvalue weighted by Crippen LogP contribution is -2.31. The molecule has 0 spiro atoms. The first-order valence-electron chi connectivity index (χ1n) is 10.5. The maximum Gasteiger partial charge on any atom is 0.573 e. The Balaban J connectivity index is 0.000000396. The third-order valence-corrected chi connectivity index (χ3v) is 7.17. The van der Waals surface area contributed by atoms with Gasteiger partial charge in [-0.05, 0) is 25.1 Å². The number of ether oxygens (including phenoxy) is 1. The molecule has 2 aromatic heterocycles. The smallest absolute Gasteiger partial charge is 0.404 e. The van der Waals surface area contributed by atoms with Crippen molar-refractivity contribution < 1.29 is 30.7 Å². The number of halogens is 5. The van der Waals surface area contributed by atoms with E-state index in [2.05, 4.69) is 38.7 Å². The van der Waals surface area contributed by atoms with Crippen molar-refractivity contribution >= 4 is 21.6 Å². The lowest BCUT2D eigenvalue weighted by atomic mass is 10.2. The molecule has 0 saturated carbocycles. The van der Waals surface area contributed by atoms with Crippen molar-refractivity contribution in [3.63, 3.8) is 0 Å². The number of aryl methyl sites for hydroxylation is 1. The Hall–Kier alpha value is -3.55. The molecule has 0 saturated heterocycles. The van der Waals surface area contributed by atoms with Crippen molar-refractivity contribution in [2.45, 2.75) is 31.3 Å². The van der Waals surface area contributed by atoms with Crippen molar-refractivity contribution in [1.82, 2.24) is 23.8 Å². The van der Waals surface area contributed by atoms with Crippen LogP contribution in [0.4, 0.5) is 17.6 Å². The summed E-state index contributed by atoms with van der Waals surface area (Å²) in [4.78, 5) is 11.3. The number of nitrogens with zero attached hydrogens (tertiary/aromatic N) is 5. The summed E-state index contributed by atoms with van der Waals surface area (Å²) in [5.41, 5.74) is 1.50. The Bertz CT molecular complexity index is 1510. The van der Waals surface area contributed by atoms with Crippen molar-refractivity contribution in [3.05, 3.63) is 95.2 Å². The number of fused-ring (bicyclic) bond motifs is 3. The van der Waals surface area contributed by atoms with Gasteiger partial charge in [-0.1, -0.05) is 47.5 Å². The van der Waals surface area contributed by atoms with E-state index < -0.39 is 32.8 Å². The van der Waals surface area contributed by atoms with Crippen molar-refractivity contribution in [2.75, 3.05) is 0 Å². The maximum atomic E-state index is 13.8. The minimum Gasteiger partial charge on any atom is -0.404 e. The van der Waals surface area contributed by atoms with Crippen LogP contribution in [-0.4, -0.2) is 38.6 Å². The highest BCUT2D eigenvalue weighted by Gasteiger charge is 2.38. The van der Waals surface area contributed by atoms with E-state index in [0.29, 0.717) is 18.2 Å². The second kappa shape index (κ2) is 10.4. The zero-order chi connectivity index (χ0) is 26.8. The highest BCUT2D eigenvalue weighted by atomic mass is 35.5. The summed E-state index contributed by atoms with van der Waals surface area (Å²) in [5, 5.41) is 0.137. The summed E-state index contributed by atoms with van der Waals surface area (Å²) in [6.45, 7) is 1.34. The molecular formula is C23H18ClF4N5O3S. The Morgan fingerprint density at radius 3 is 2.35 bits per heavy atom. The Morgan fingerprint density at radius 1 is 1.00 bits per heavy atom. The molecule has 2 aromatic carbocycles. The second-order valence-corrected chi connectivity index (χ2v) is 10.0. The average Bonchev–Trinajstić information content (AvgIpc) is 3.10. The minimum atomic E-state index is -5.18. The molecule has 14 heteroatoms. The summed E-state index contributed by atoms with van der Waals surface area (Å²) in [6, 6.07) is 12.0. The summed E-state index contributed by atoms with van der Waals surface area (Å²) in [5.74, 6) is -1.74. The number of imidazole rings is 1. The summed E-state index contributed by atoms with van der Waals surface area (Å²) < 4.78 is 84.4. The fourth-order valence-electron chi connectivity index (χ4n) is 3.48. The van der Waals surface area contributed by atoms with Crippen LogP contribution in [0.1, 0.15) is 17.1 Å². The first kappa shape index (κ1) is 26.5. The van der Waals surface area contributed by atoms with Crippen molar-refractivity contribution in [3.8, 4) is 11.6 Å². The van der Waals surface area contributed by atoms with Crippen LogP contribution in [0.2, 0.25) is 5.15 Å². The highest BCUT2D eigenvalue weighted by Crippen LogP contribution is 2.35. The van der Waals surface area contributed by atoms with Gasteiger partial charge in [-0.15, -0.1) is 13.2 Å². The molecule has 0 amide bonds. The van der Waals surface area contributed by atoms with Crippen LogP contribution in [0.25, 0.3) is 5.82 Å². The SMILES string of the molecule is Cc1ccccc1.O=S(=O)(c1cc(F)ccc1OC(F)(F)F)N1Cc2nccnc2-n2c(Cl)cnc2C1. The number of aromatic nitrogens is 4. The van der Waals surface area contributed by atoms with Gasteiger partial charge in [-0.2, -0.15) is 4.31 Å². The van der Waals surface area contributed by atoms with Crippen LogP contribution < -0.4 is 4.74 Å². The Morgan fingerprint density at radius 2 is 1.70 bits per heavy atom. The van der Waals surface area contributed by atoms with Gasteiger partial charge in [0.2, 0.25) is 10.0 Å². The van der Waals surface area contributed by atoms with Crippen LogP contribution in [0.5, 0.6) is 5.75 Å². The molecule has 0 aliphatic carbocycles. The van der Waals surface area contributed by atoms with Gasteiger partial charge >= 0.3 is 6.36 Å². The van der Waals surface area contributed by atoms with Crippen molar-refractivity contribution in [1.29, 1.82) is 0 Å². The van der Waals surface area contributed by atoms with Gasteiger partial charge in [0.05, 0.1) is 25.0 Å². The molecule has 0 N–H and O–H groups in total. The molecule has 0 bridgehead atoms. The third-order valence-electron chi connectivity index (χ3n) is 5.09. The van der Waals surface area contributed by atoms with E-state index in [1.165, 1.54) is 28.7 Å². The number of hydrogen-bond acceptors (Lipinski definition) is 6. The predicted molar refractivity (Wildman–Crippen MR) is 125 cm³/mol. The van der Waals surface area contributed by atoms with Crippen LogP contribution >= 0.6 is 11.6 Å². The molecule has 8 nitrogen and oxygen atoms in total. The molecule has 4 aromatic rings. The summed E-state index contributed by atoms with van der Waals surface area (Å²) >= 11 is 6.13. The lowest BCUT2D eigenvalue weighted by molar-refractivity contribution is -0.275. The molecule has 5 rings (SSSR count). The number of hydrogen-bond donors (Lipinski definition) is 0. The minimum absolute atomic E-state index is 0.137. The van der Waals surface area contributed by atoms with E-state index in [-0.39, 0.29) is 35.6 Å². The van der Waals surface area contributed by atoms with E-state index in [9.17, 15) is 26.0 Å². The molecule has 194 valence electrons. The topological polar surface area (TPSA) is 90.2 Å². The van der Waals surface area contributed by atoms with Gasteiger partial charge in [0.25, 0.3) is 0 Å². The highest BCUT2D eigenvalue weighted by molar-refractivity contribution is 7.89. The van der Waals surface area contributed by atoms with E-state index in [4.69, 9.17) is 11.6 Å². The Labute approximate surface area is 214 Å². The van der Waals surface area contributed by atoms with Gasteiger partial charge in [0.15, 0.2) is 5.82 Å². The van der Waals surface area contributed by atoms with E-state index in [1.54, 1.807) is 0 Å². The predicted octanol–water partition coefficient (Wildman–Crippen LogP) is 5.05. The summed E-state index contributed by atoms with van der Waals surface area (Å²) in [6.07, 6.45) is -1.22. The standard InChI is InChI=1S/C16H10ClF4N5O3S.C7H8/c17-13-6-24-14-8-25(7-10-15(26(13)14)23-4-3-22-10)30(27,28)12-5-9(18)1-2-11(12)29-16(19,20)21;1-7-5-3-2-4-6-7/h1-6H,7-8H2;2-6H,1H3. The third kappa shape index (κ3) is 6.06. The van der Waals surface area contributed by atoms with Crippen LogP contribution in [0.3, 0.4) is 0 Å². The Kier molecular flexibility index (Phi) is 7.48. The quantitative estimate of drug-likeness (QED) is 0.329. The van der Waals surface area contributed by atoms with Crippen LogP contribution in [0, 0.1) is 12.7 Å². The zero-order valence-electron chi connectivity index (χ0n) is 19.0. The number of rotatable bonds is 3. The largest absolute Gasteiger partial charge is 0.573 e. The van der Waals surface area contributed by atoms with E-state index in [1.807, 2.05) is 18.2 Å². The average molecular weight is 556 g/mol. The number of alkyl halides is 3. The normalized spacial score (nSPS) is 13.6. The van der Waals surface area contributed by atoms with Gasteiger partial charge in [-0.3, -0.25) is 9.55 Å². The molecule has 0 unspecified atom stereocenters. The fraction of sp³-hybridized carbons (Fsp3) is 0.174. The fourth-order valence-corrected chi connectivity index (χ4v) is 5.18. The molecule has 1 aliphatic rings. The van der Waals surface area contributed by atoms with Gasteiger partial charge in [-0.25, -0.2) is 22.8 Å². The first-order valence-corrected chi connectivity index (χ1v) is 12.4. The molecular weight excluding hydrogens is 538 g/mol. The molecule has 0 fully saturated rings. The van der Waals surface area contributed by atoms with Gasteiger partial charge in [0.1, 0.15) is 27.4 Å². The maximum absolute atomic E-state index is 13.8. The monoisotopic (exact) mass is 555 g/mol. The molecule has 37 heavy (non-hydrogen) atoms. The molecule has 0 radical (unpaired) electrons. The summed E-state index contributed by atoms with van der Waals surface area (Å²) in [7, 11) is -4.68. The number of sulfonamides is 1. The van der Waals surface area contributed by atoms with Gasteiger partial charge in [0, 0.05) is 12.4 Å². The van der Waals surface area contributed by atoms with E-state index >= 15 is 0 Å². The first-order chi connectivity index (χ1) is 17.5. The second-order valence-electron chi connectivity index (χ2n) is 7.73. The van der Waals surface area contributed by atoms with E-state index in [0.717, 1.165) is 4.31 Å². The molecule has 0 atom stereocenters. The zero-order valence-corrected chi connectivity index (χ0v) is 20.6. The van der Waals surface area contributed by atoms with Crippen molar-refractivity contribution in [2.24, 2.45) is 0 Å². The number of benzene rings is 2. The van der Waals surface area contributed by atoms with Crippen LogP contribution in [-0.2, 0) is 23.1 Å². The van der Waals surface area contributed by atoms with Gasteiger partial charge < -0.3 is 4.74 Å². The lowest BCUT2D eigenvalue weighted by Gasteiger charge is -2.21. The molecule has 3 heterocycles. The van der Waals surface area contributed by atoms with Crippen LogP contribution in [0.15, 0.2) is 72.0 Å². The molecule has 1 aliphatic heterocycles.